The maximum absolute atomic E-state index is 2.43. The van der Waals surface area contributed by atoms with Gasteiger partial charge < -0.3 is 0 Å². The molecule has 0 bridgehead atoms. The Morgan fingerprint density at radius 2 is 1.31 bits per heavy atom. The van der Waals surface area contributed by atoms with Crippen molar-refractivity contribution in [2.75, 3.05) is 0 Å². The van der Waals surface area contributed by atoms with Gasteiger partial charge in [0.05, 0.1) is 0 Å². The molecule has 3 atom stereocenters. The third-order valence-corrected chi connectivity index (χ3v) is 4.50. The van der Waals surface area contributed by atoms with Gasteiger partial charge >= 0.3 is 0 Å². The van der Waals surface area contributed by atoms with Crippen molar-refractivity contribution in [3.05, 3.63) is 0 Å². The summed E-state index contributed by atoms with van der Waals surface area (Å²) in [7, 11) is 0. The smallest absolute Gasteiger partial charge is 0.0394 e. The van der Waals surface area contributed by atoms with Crippen LogP contribution in [-0.4, -0.2) is 0 Å². The van der Waals surface area contributed by atoms with Crippen LogP contribution in [0.3, 0.4) is 0 Å². The molecule has 0 aliphatic carbocycles. The second-order valence-corrected chi connectivity index (χ2v) is 6.23. The van der Waals surface area contributed by atoms with Gasteiger partial charge in [-0.25, -0.2) is 0 Å². The van der Waals surface area contributed by atoms with Gasteiger partial charge in [-0.05, 0) is 23.7 Å². The summed E-state index contributed by atoms with van der Waals surface area (Å²) in [6, 6.07) is 0. The number of unbranched alkanes of at least 4 members (excludes halogenated alkanes) is 2. The van der Waals surface area contributed by atoms with Gasteiger partial charge in [0.25, 0.3) is 0 Å². The summed E-state index contributed by atoms with van der Waals surface area (Å²) < 4.78 is 0. The third kappa shape index (κ3) is 7.30. The van der Waals surface area contributed by atoms with E-state index in [1.54, 1.807) is 0 Å². The second kappa shape index (κ2) is 9.07. The average Bonchev–Trinajstić information content (AvgIpc) is 2.26. The second-order valence-electron chi connectivity index (χ2n) is 6.23. The van der Waals surface area contributed by atoms with Crippen LogP contribution in [0, 0.1) is 23.7 Å². The van der Waals surface area contributed by atoms with E-state index in [2.05, 4.69) is 41.5 Å². The predicted molar refractivity (Wildman–Crippen MR) is 75.7 cm³/mol. The SMILES string of the molecule is CCC(C)CCCCCC(C)C(C)C(C)C. The van der Waals surface area contributed by atoms with Crippen LogP contribution in [0.15, 0.2) is 0 Å². The Balaban J connectivity index is 3.44. The molecule has 3 unspecified atom stereocenters. The minimum atomic E-state index is 0.843. The fraction of sp³-hybridized carbons (Fsp3) is 1.00. The van der Waals surface area contributed by atoms with Crippen LogP contribution < -0.4 is 0 Å². The van der Waals surface area contributed by atoms with E-state index < -0.39 is 0 Å². The molecule has 0 heteroatoms. The Hall–Kier alpha value is 0. The number of rotatable bonds is 9. The van der Waals surface area contributed by atoms with Crippen LogP contribution in [0.1, 0.15) is 80.1 Å². The topological polar surface area (TPSA) is 0 Å². The van der Waals surface area contributed by atoms with Crippen molar-refractivity contribution in [2.45, 2.75) is 80.1 Å². The summed E-state index contributed by atoms with van der Waals surface area (Å²) in [5.41, 5.74) is 0. The van der Waals surface area contributed by atoms with Crippen molar-refractivity contribution in [3.63, 3.8) is 0 Å². The van der Waals surface area contributed by atoms with Gasteiger partial charge in [0, 0.05) is 0 Å². The van der Waals surface area contributed by atoms with E-state index in [-0.39, 0.29) is 0 Å². The molecule has 16 heavy (non-hydrogen) atoms. The summed E-state index contributed by atoms with van der Waals surface area (Å²) in [6.45, 7) is 14.2. The van der Waals surface area contributed by atoms with Crippen LogP contribution >= 0.6 is 0 Å². The predicted octanol–water partition coefficient (Wildman–Crippen LogP) is 5.91. The number of hydrogen-bond acceptors (Lipinski definition) is 0. The first-order valence-electron chi connectivity index (χ1n) is 7.49. The zero-order valence-electron chi connectivity index (χ0n) is 12.6. The van der Waals surface area contributed by atoms with E-state index in [0.717, 1.165) is 23.7 Å². The highest BCUT2D eigenvalue weighted by Crippen LogP contribution is 2.25. The third-order valence-electron chi connectivity index (χ3n) is 4.50. The van der Waals surface area contributed by atoms with Crippen LogP contribution in [-0.2, 0) is 0 Å². The van der Waals surface area contributed by atoms with E-state index in [0.29, 0.717) is 0 Å². The fourth-order valence-corrected chi connectivity index (χ4v) is 2.26. The first-order valence-corrected chi connectivity index (χ1v) is 7.49. The van der Waals surface area contributed by atoms with Crippen molar-refractivity contribution < 1.29 is 0 Å². The molecular formula is C16H34. The van der Waals surface area contributed by atoms with Crippen molar-refractivity contribution in [1.82, 2.24) is 0 Å². The molecule has 0 heterocycles. The first kappa shape index (κ1) is 16.0. The van der Waals surface area contributed by atoms with Crippen LogP contribution in [0.5, 0.6) is 0 Å². The lowest BCUT2D eigenvalue weighted by Gasteiger charge is -2.23. The highest BCUT2D eigenvalue weighted by Gasteiger charge is 2.14. The average molecular weight is 226 g/mol. The maximum Gasteiger partial charge on any atom is -0.0394 e. The quantitative estimate of drug-likeness (QED) is 0.429. The van der Waals surface area contributed by atoms with E-state index in [1.165, 1.54) is 38.5 Å². The molecule has 0 nitrogen and oxygen atoms in total. The summed E-state index contributed by atoms with van der Waals surface area (Å²) in [4.78, 5) is 0. The largest absolute Gasteiger partial charge is 0.0651 e. The molecule has 98 valence electrons. The molecule has 0 fully saturated rings. The minimum Gasteiger partial charge on any atom is -0.0651 e. The molecule has 0 N–H and O–H groups in total. The Kier molecular flexibility index (Phi) is 9.07. The number of hydrogen-bond donors (Lipinski definition) is 0. The fourth-order valence-electron chi connectivity index (χ4n) is 2.26. The normalized spacial score (nSPS) is 17.4. The van der Waals surface area contributed by atoms with Crippen LogP contribution in [0.2, 0.25) is 0 Å². The van der Waals surface area contributed by atoms with E-state index in [1.807, 2.05) is 0 Å². The summed E-state index contributed by atoms with van der Waals surface area (Å²) in [5.74, 6) is 3.57. The molecule has 0 saturated heterocycles. The van der Waals surface area contributed by atoms with E-state index >= 15 is 0 Å². The van der Waals surface area contributed by atoms with E-state index in [9.17, 15) is 0 Å². The van der Waals surface area contributed by atoms with Gasteiger partial charge in [0.1, 0.15) is 0 Å². The highest BCUT2D eigenvalue weighted by atomic mass is 14.2. The summed E-state index contributed by atoms with van der Waals surface area (Å²) in [5, 5.41) is 0. The molecule has 0 aliphatic rings. The van der Waals surface area contributed by atoms with Crippen LogP contribution in [0.25, 0.3) is 0 Å². The van der Waals surface area contributed by atoms with Gasteiger partial charge in [0.2, 0.25) is 0 Å². The first-order chi connectivity index (χ1) is 7.49. The molecular weight excluding hydrogens is 192 g/mol. The lowest BCUT2D eigenvalue weighted by Crippen LogP contribution is -2.14. The summed E-state index contributed by atoms with van der Waals surface area (Å²) >= 11 is 0. The van der Waals surface area contributed by atoms with Crippen molar-refractivity contribution in [3.8, 4) is 0 Å². The Labute approximate surface area is 104 Å². The van der Waals surface area contributed by atoms with Crippen LogP contribution in [0.4, 0.5) is 0 Å². The maximum atomic E-state index is 2.43. The van der Waals surface area contributed by atoms with Gasteiger partial charge in [0.15, 0.2) is 0 Å². The lowest BCUT2D eigenvalue weighted by molar-refractivity contribution is 0.274. The van der Waals surface area contributed by atoms with Gasteiger partial charge in [-0.2, -0.15) is 0 Å². The zero-order chi connectivity index (χ0) is 12.6. The van der Waals surface area contributed by atoms with Crippen molar-refractivity contribution in [2.24, 2.45) is 23.7 Å². The molecule has 0 aromatic heterocycles. The molecule has 0 saturated carbocycles. The molecule has 0 amide bonds. The van der Waals surface area contributed by atoms with Gasteiger partial charge in [-0.1, -0.05) is 80.1 Å². The van der Waals surface area contributed by atoms with Gasteiger partial charge in [-0.15, -0.1) is 0 Å². The summed E-state index contributed by atoms with van der Waals surface area (Å²) in [6.07, 6.45) is 8.54. The standard InChI is InChI=1S/C16H34/c1-7-14(4)11-9-8-10-12-15(5)16(6)13(2)3/h13-16H,7-12H2,1-6H3. The lowest BCUT2D eigenvalue weighted by atomic mass is 9.83. The molecule has 0 aromatic rings. The Morgan fingerprint density at radius 3 is 1.81 bits per heavy atom. The highest BCUT2D eigenvalue weighted by molar-refractivity contribution is 4.65. The van der Waals surface area contributed by atoms with Crippen molar-refractivity contribution in [1.29, 1.82) is 0 Å². The van der Waals surface area contributed by atoms with E-state index in [4.69, 9.17) is 0 Å². The molecule has 0 radical (unpaired) electrons. The molecule has 0 rings (SSSR count). The zero-order valence-corrected chi connectivity index (χ0v) is 12.6. The Morgan fingerprint density at radius 1 is 0.750 bits per heavy atom. The van der Waals surface area contributed by atoms with Gasteiger partial charge in [-0.3, -0.25) is 0 Å². The molecule has 0 aromatic carbocycles. The minimum absolute atomic E-state index is 0.843. The van der Waals surface area contributed by atoms with Crippen molar-refractivity contribution >= 4 is 0 Å². The molecule has 0 aliphatic heterocycles. The Bertz CT molecular complexity index is 148. The molecule has 0 spiro atoms. The monoisotopic (exact) mass is 226 g/mol.